The molecule has 134 valence electrons. The minimum atomic E-state index is -1.92. The molecule has 0 spiro atoms. The van der Waals surface area contributed by atoms with E-state index in [0.29, 0.717) is 0 Å². The Morgan fingerprint density at radius 2 is 1.65 bits per heavy atom. The Hall–Kier alpha value is -0.666. The van der Waals surface area contributed by atoms with Gasteiger partial charge in [-0.15, -0.1) is 0 Å². The standard InChI is InChI=1S/C16H33NO4Si2/c1-11(18)20-14-12(13(19)17(14)23(8,9)10)16(5,15(2,3)4)21-22(6)7/h12,14,22H,1-10H3/t12-,14+,16+/m0/s1. The molecule has 0 aromatic carbocycles. The summed E-state index contributed by atoms with van der Waals surface area (Å²) in [4.78, 5) is 24.6. The van der Waals surface area contributed by atoms with Crippen LogP contribution in [0.2, 0.25) is 32.7 Å². The SMILES string of the molecule is CC(=O)O[C@@H]1[C@@H]([C@@](C)(O[SiH](C)C)C(C)(C)C)C(=O)N1[Si](C)(C)C. The molecule has 0 unspecified atom stereocenters. The van der Waals surface area contributed by atoms with Gasteiger partial charge in [0.05, 0.1) is 5.60 Å². The molecule has 1 aliphatic heterocycles. The predicted octanol–water partition coefficient (Wildman–Crippen LogP) is 2.97. The van der Waals surface area contributed by atoms with Crippen LogP contribution in [0, 0.1) is 11.3 Å². The second-order valence-electron chi connectivity index (χ2n) is 8.88. The Kier molecular flexibility index (Phi) is 5.61. The molecule has 1 aliphatic rings. The van der Waals surface area contributed by atoms with Crippen molar-refractivity contribution >= 4 is 29.2 Å². The summed E-state index contributed by atoms with van der Waals surface area (Å²) in [7, 11) is -3.31. The zero-order chi connectivity index (χ0) is 18.4. The lowest BCUT2D eigenvalue weighted by Gasteiger charge is -2.60. The number of ether oxygens (including phenoxy) is 1. The first kappa shape index (κ1) is 20.4. The average molecular weight is 360 g/mol. The molecule has 7 heteroatoms. The van der Waals surface area contributed by atoms with Gasteiger partial charge in [0.25, 0.3) is 0 Å². The van der Waals surface area contributed by atoms with Crippen LogP contribution in [-0.2, 0) is 18.8 Å². The molecule has 0 aromatic rings. The van der Waals surface area contributed by atoms with E-state index in [9.17, 15) is 9.59 Å². The summed E-state index contributed by atoms with van der Waals surface area (Å²) in [5.74, 6) is -0.732. The van der Waals surface area contributed by atoms with Gasteiger partial charge in [-0.1, -0.05) is 40.4 Å². The van der Waals surface area contributed by atoms with E-state index in [4.69, 9.17) is 9.16 Å². The first-order valence-corrected chi connectivity index (χ1v) is 14.5. The van der Waals surface area contributed by atoms with Crippen molar-refractivity contribution in [2.75, 3.05) is 0 Å². The molecule has 0 bridgehead atoms. The van der Waals surface area contributed by atoms with Crippen LogP contribution in [0.3, 0.4) is 0 Å². The number of hydrogen-bond donors (Lipinski definition) is 0. The molecule has 0 aromatic heterocycles. The fourth-order valence-electron chi connectivity index (χ4n) is 3.18. The number of esters is 1. The van der Waals surface area contributed by atoms with E-state index in [2.05, 4.69) is 53.5 Å². The summed E-state index contributed by atoms with van der Waals surface area (Å²) in [5, 5.41) is 0. The summed E-state index contributed by atoms with van der Waals surface area (Å²) in [6, 6.07) is 0. The van der Waals surface area contributed by atoms with Crippen LogP contribution < -0.4 is 0 Å². The van der Waals surface area contributed by atoms with Crippen molar-refractivity contribution in [3.05, 3.63) is 0 Å². The van der Waals surface area contributed by atoms with E-state index >= 15 is 0 Å². The van der Waals surface area contributed by atoms with Gasteiger partial charge in [-0.3, -0.25) is 9.59 Å². The first-order chi connectivity index (χ1) is 10.1. The number of carbonyl (C=O) groups excluding carboxylic acids is 2. The topological polar surface area (TPSA) is 55.8 Å². The van der Waals surface area contributed by atoms with Gasteiger partial charge in [0.1, 0.15) is 5.92 Å². The largest absolute Gasteiger partial charge is 0.441 e. The van der Waals surface area contributed by atoms with Gasteiger partial charge in [-0.25, -0.2) is 0 Å². The molecule has 1 amide bonds. The van der Waals surface area contributed by atoms with Gasteiger partial charge in [0.2, 0.25) is 5.91 Å². The van der Waals surface area contributed by atoms with Crippen molar-refractivity contribution in [3.8, 4) is 0 Å². The maximum absolute atomic E-state index is 13.0. The molecule has 23 heavy (non-hydrogen) atoms. The Bertz CT molecular complexity index is 481. The molecule has 0 radical (unpaired) electrons. The fraction of sp³-hybridized carbons (Fsp3) is 0.875. The minimum absolute atomic E-state index is 0.0579. The van der Waals surface area contributed by atoms with Crippen molar-refractivity contribution < 1.29 is 18.8 Å². The van der Waals surface area contributed by atoms with Gasteiger partial charge in [-0.2, -0.15) is 0 Å². The number of rotatable bonds is 5. The van der Waals surface area contributed by atoms with Crippen molar-refractivity contribution in [1.82, 2.24) is 4.57 Å². The molecule has 0 saturated carbocycles. The third-order valence-corrected chi connectivity index (χ3v) is 7.50. The third kappa shape index (κ3) is 3.88. The second-order valence-corrected chi connectivity index (χ2v) is 16.0. The van der Waals surface area contributed by atoms with Crippen LogP contribution in [0.25, 0.3) is 0 Å². The zero-order valence-corrected chi connectivity index (χ0v) is 18.5. The summed E-state index contributed by atoms with van der Waals surface area (Å²) >= 11 is 0. The molecule has 1 heterocycles. The molecule has 0 aliphatic carbocycles. The molecular weight excluding hydrogens is 326 g/mol. The Morgan fingerprint density at radius 1 is 1.17 bits per heavy atom. The van der Waals surface area contributed by atoms with Gasteiger partial charge < -0.3 is 13.7 Å². The molecule has 3 atom stereocenters. The molecule has 1 rings (SSSR count). The van der Waals surface area contributed by atoms with Crippen LogP contribution in [-0.4, -0.2) is 45.5 Å². The molecule has 5 nitrogen and oxygen atoms in total. The molecule has 1 saturated heterocycles. The lowest BCUT2D eigenvalue weighted by Crippen LogP contribution is -2.77. The highest BCUT2D eigenvalue weighted by Gasteiger charge is 2.64. The number of nitrogens with zero attached hydrogens (tertiary/aromatic N) is 1. The van der Waals surface area contributed by atoms with Crippen LogP contribution in [0.15, 0.2) is 0 Å². The Balaban J connectivity index is 3.30. The maximum Gasteiger partial charge on any atom is 0.304 e. The van der Waals surface area contributed by atoms with E-state index in [1.54, 1.807) is 4.57 Å². The number of amides is 1. The summed E-state index contributed by atoms with van der Waals surface area (Å²) in [6.45, 7) is 20.1. The number of β-lactam (4-membered cyclic amide) rings is 1. The quantitative estimate of drug-likeness (QED) is 0.430. The third-order valence-electron chi connectivity index (χ3n) is 4.62. The van der Waals surface area contributed by atoms with E-state index in [-0.39, 0.29) is 17.3 Å². The normalized spacial score (nSPS) is 25.2. The highest BCUT2D eigenvalue weighted by Crippen LogP contribution is 2.49. The summed E-state index contributed by atoms with van der Waals surface area (Å²) < 4.78 is 13.7. The summed E-state index contributed by atoms with van der Waals surface area (Å²) in [5.41, 5.74) is -0.894. The average Bonchev–Trinajstić information content (AvgIpc) is 2.22. The van der Waals surface area contributed by atoms with E-state index in [1.807, 2.05) is 6.92 Å². The molecule has 0 N–H and O–H groups in total. The Morgan fingerprint density at radius 3 is 1.96 bits per heavy atom. The highest BCUT2D eigenvalue weighted by molar-refractivity contribution is 6.76. The van der Waals surface area contributed by atoms with Crippen LogP contribution in [0.5, 0.6) is 0 Å². The van der Waals surface area contributed by atoms with Crippen molar-refractivity contribution in [2.24, 2.45) is 11.3 Å². The highest BCUT2D eigenvalue weighted by atomic mass is 28.3. The Labute approximate surface area is 143 Å². The lowest BCUT2D eigenvalue weighted by atomic mass is 9.66. The van der Waals surface area contributed by atoms with Gasteiger partial charge in [0, 0.05) is 6.92 Å². The second kappa shape index (κ2) is 6.33. The van der Waals surface area contributed by atoms with Crippen LogP contribution in [0.4, 0.5) is 0 Å². The van der Waals surface area contributed by atoms with Crippen LogP contribution >= 0.6 is 0 Å². The zero-order valence-electron chi connectivity index (χ0n) is 16.3. The van der Waals surface area contributed by atoms with E-state index < -0.39 is 35.0 Å². The monoisotopic (exact) mass is 359 g/mol. The summed E-state index contributed by atoms with van der Waals surface area (Å²) in [6.07, 6.45) is -0.511. The first-order valence-electron chi connectivity index (χ1n) is 8.31. The van der Waals surface area contributed by atoms with Crippen molar-refractivity contribution in [3.63, 3.8) is 0 Å². The van der Waals surface area contributed by atoms with E-state index in [0.717, 1.165) is 0 Å². The van der Waals surface area contributed by atoms with Crippen molar-refractivity contribution in [1.29, 1.82) is 0 Å². The number of carbonyl (C=O) groups is 2. The number of hydrogen-bond acceptors (Lipinski definition) is 4. The van der Waals surface area contributed by atoms with Gasteiger partial charge in [0.15, 0.2) is 23.5 Å². The fourth-order valence-corrected chi connectivity index (χ4v) is 6.43. The lowest BCUT2D eigenvalue weighted by molar-refractivity contribution is -0.215. The van der Waals surface area contributed by atoms with Crippen molar-refractivity contribution in [2.45, 2.75) is 79.2 Å². The minimum Gasteiger partial charge on any atom is -0.441 e. The molecule has 1 fully saturated rings. The molecular formula is C16H33NO4Si2. The van der Waals surface area contributed by atoms with Crippen LogP contribution in [0.1, 0.15) is 34.6 Å². The maximum atomic E-state index is 13.0. The van der Waals surface area contributed by atoms with Gasteiger partial charge >= 0.3 is 5.97 Å². The van der Waals surface area contributed by atoms with Gasteiger partial charge in [-0.05, 0) is 25.4 Å². The smallest absolute Gasteiger partial charge is 0.304 e. The van der Waals surface area contributed by atoms with E-state index in [1.165, 1.54) is 6.92 Å². The predicted molar refractivity (Wildman–Crippen MR) is 97.1 cm³/mol.